The molecule has 8 nitrogen and oxygen atoms in total. The molecule has 1 aliphatic heterocycles. The van der Waals surface area contributed by atoms with Crippen molar-refractivity contribution < 1.29 is 35.9 Å². The van der Waals surface area contributed by atoms with Crippen LogP contribution in [0.3, 0.4) is 0 Å². The van der Waals surface area contributed by atoms with Crippen molar-refractivity contribution in [1.82, 2.24) is 9.21 Å². The van der Waals surface area contributed by atoms with Gasteiger partial charge in [0.15, 0.2) is 17.5 Å². The maximum Gasteiger partial charge on any atom is 0.246 e. The van der Waals surface area contributed by atoms with Gasteiger partial charge in [-0.2, -0.15) is 4.31 Å². The van der Waals surface area contributed by atoms with Crippen molar-refractivity contribution in [3.8, 4) is 0 Å². The van der Waals surface area contributed by atoms with Crippen molar-refractivity contribution in [2.45, 2.75) is 4.90 Å². The van der Waals surface area contributed by atoms with E-state index in [0.29, 0.717) is 24.8 Å². The van der Waals surface area contributed by atoms with Gasteiger partial charge in [-0.25, -0.2) is 21.6 Å². The smallest absolute Gasteiger partial charge is 0.246 e. The summed E-state index contributed by atoms with van der Waals surface area (Å²) in [6, 6.07) is 7.48. The number of carbonyl (C=O) groups excluding carboxylic acids is 2. The third-order valence-corrected chi connectivity index (χ3v) is 6.89. The number of nitrogens with one attached hydrogen (secondary N) is 1. The molecule has 182 valence electrons. The Morgan fingerprint density at radius 3 is 2.35 bits per heavy atom. The second-order valence-electron chi connectivity index (χ2n) is 7.38. The summed E-state index contributed by atoms with van der Waals surface area (Å²) >= 11 is 0. The molecule has 0 aliphatic carbocycles. The fraction of sp³-hybridized carbons (Fsp3) is 0.273. The number of ether oxygens (including phenoxy) is 1. The number of rotatable bonds is 7. The molecule has 0 aromatic heterocycles. The summed E-state index contributed by atoms with van der Waals surface area (Å²) < 4.78 is 71.7. The first-order valence-electron chi connectivity index (χ1n) is 10.1. The molecule has 0 atom stereocenters. The number of halogens is 3. The molecular formula is C22H22F3N3O5S. The zero-order chi connectivity index (χ0) is 24.9. The molecule has 0 radical (unpaired) electrons. The summed E-state index contributed by atoms with van der Waals surface area (Å²) in [5.74, 6) is -6.02. The van der Waals surface area contributed by atoms with Gasteiger partial charge in [0.05, 0.1) is 30.3 Å². The minimum Gasteiger partial charge on any atom is -0.379 e. The maximum atomic E-state index is 13.7. The summed E-state index contributed by atoms with van der Waals surface area (Å²) in [6.07, 6.45) is 2.62. The predicted octanol–water partition coefficient (Wildman–Crippen LogP) is 2.24. The molecule has 1 heterocycles. The Bertz CT molecular complexity index is 1200. The summed E-state index contributed by atoms with van der Waals surface area (Å²) in [7, 11) is -2.31. The van der Waals surface area contributed by atoms with Crippen LogP contribution in [0.1, 0.15) is 5.56 Å². The summed E-state index contributed by atoms with van der Waals surface area (Å²) in [5, 5.41) is 2.08. The molecule has 12 heteroatoms. The Kier molecular flexibility index (Phi) is 8.07. The molecular weight excluding hydrogens is 475 g/mol. The Labute approximate surface area is 194 Å². The fourth-order valence-corrected chi connectivity index (χ4v) is 4.50. The highest BCUT2D eigenvalue weighted by molar-refractivity contribution is 7.89. The van der Waals surface area contributed by atoms with Crippen LogP contribution < -0.4 is 5.32 Å². The molecule has 3 rings (SSSR count). The minimum absolute atomic E-state index is 0.121. The molecule has 0 spiro atoms. The first kappa shape index (κ1) is 25.4. The zero-order valence-corrected chi connectivity index (χ0v) is 18.9. The van der Waals surface area contributed by atoms with E-state index >= 15 is 0 Å². The summed E-state index contributed by atoms with van der Waals surface area (Å²) in [6.45, 7) is 0.757. The van der Waals surface area contributed by atoms with Gasteiger partial charge in [0.25, 0.3) is 0 Å². The van der Waals surface area contributed by atoms with E-state index in [0.717, 1.165) is 11.0 Å². The van der Waals surface area contributed by atoms with E-state index in [4.69, 9.17) is 4.74 Å². The summed E-state index contributed by atoms with van der Waals surface area (Å²) in [5.41, 5.74) is 0.00315. The minimum atomic E-state index is -3.63. The summed E-state index contributed by atoms with van der Waals surface area (Å²) in [4.78, 5) is 25.4. The highest BCUT2D eigenvalue weighted by atomic mass is 32.2. The molecule has 0 saturated carbocycles. The van der Waals surface area contributed by atoms with Gasteiger partial charge in [0.1, 0.15) is 0 Å². The third-order valence-electron chi connectivity index (χ3n) is 4.97. The number of likely N-dealkylation sites (N-methyl/N-ethyl adjacent to an activating group) is 1. The van der Waals surface area contributed by atoms with Gasteiger partial charge in [-0.15, -0.1) is 0 Å². The Morgan fingerprint density at radius 1 is 1.06 bits per heavy atom. The highest BCUT2D eigenvalue weighted by Crippen LogP contribution is 2.20. The van der Waals surface area contributed by atoms with E-state index in [9.17, 15) is 31.2 Å². The van der Waals surface area contributed by atoms with Gasteiger partial charge >= 0.3 is 0 Å². The fourth-order valence-electron chi connectivity index (χ4n) is 3.09. The molecule has 2 aromatic carbocycles. The number of anilines is 1. The van der Waals surface area contributed by atoms with Crippen molar-refractivity contribution in [3.05, 3.63) is 65.5 Å². The molecule has 1 aliphatic rings. The number of nitrogens with zero attached hydrogens (tertiary/aromatic N) is 2. The quantitative estimate of drug-likeness (QED) is 0.468. The van der Waals surface area contributed by atoms with E-state index in [-0.39, 0.29) is 18.0 Å². The van der Waals surface area contributed by atoms with Crippen LogP contribution in [-0.2, 0) is 24.3 Å². The van der Waals surface area contributed by atoms with Gasteiger partial charge < -0.3 is 15.0 Å². The van der Waals surface area contributed by atoms with E-state index in [1.165, 1.54) is 47.8 Å². The largest absolute Gasteiger partial charge is 0.379 e. The van der Waals surface area contributed by atoms with Crippen molar-refractivity contribution >= 4 is 33.6 Å². The molecule has 0 bridgehead atoms. The van der Waals surface area contributed by atoms with Gasteiger partial charge in [-0.1, -0.05) is 12.1 Å². The lowest BCUT2D eigenvalue weighted by Crippen LogP contribution is -2.40. The molecule has 1 N–H and O–H groups in total. The van der Waals surface area contributed by atoms with Crippen LogP contribution in [0.5, 0.6) is 0 Å². The van der Waals surface area contributed by atoms with Crippen molar-refractivity contribution in [3.63, 3.8) is 0 Å². The number of benzene rings is 2. The van der Waals surface area contributed by atoms with Gasteiger partial charge in [0, 0.05) is 26.2 Å². The van der Waals surface area contributed by atoms with Crippen molar-refractivity contribution in [1.29, 1.82) is 0 Å². The lowest BCUT2D eigenvalue weighted by atomic mass is 10.2. The van der Waals surface area contributed by atoms with E-state index in [1.807, 2.05) is 0 Å². The van der Waals surface area contributed by atoms with Gasteiger partial charge in [-0.05, 0) is 35.9 Å². The van der Waals surface area contributed by atoms with Crippen LogP contribution in [-0.4, -0.2) is 69.3 Å². The third kappa shape index (κ3) is 6.01. The average molecular weight is 497 g/mol. The Morgan fingerprint density at radius 2 is 1.71 bits per heavy atom. The monoisotopic (exact) mass is 497 g/mol. The lowest BCUT2D eigenvalue weighted by molar-refractivity contribution is -0.129. The van der Waals surface area contributed by atoms with Crippen molar-refractivity contribution in [2.24, 2.45) is 0 Å². The second kappa shape index (κ2) is 10.8. The average Bonchev–Trinajstić information content (AvgIpc) is 2.83. The number of hydrogen-bond acceptors (Lipinski definition) is 5. The van der Waals surface area contributed by atoms with Crippen LogP contribution in [0.15, 0.2) is 47.4 Å². The van der Waals surface area contributed by atoms with E-state index in [1.54, 1.807) is 0 Å². The highest BCUT2D eigenvalue weighted by Gasteiger charge is 2.26. The lowest BCUT2D eigenvalue weighted by Gasteiger charge is -2.26. The number of hydrogen-bond donors (Lipinski definition) is 1. The first-order valence-corrected chi connectivity index (χ1v) is 11.6. The molecule has 2 aromatic rings. The maximum absolute atomic E-state index is 13.7. The number of amides is 2. The second-order valence-corrected chi connectivity index (χ2v) is 9.32. The Balaban J connectivity index is 1.57. The predicted molar refractivity (Wildman–Crippen MR) is 118 cm³/mol. The van der Waals surface area contributed by atoms with Crippen LogP contribution in [0.4, 0.5) is 18.9 Å². The number of carbonyl (C=O) groups is 2. The van der Waals surface area contributed by atoms with Crippen LogP contribution in [0.25, 0.3) is 6.08 Å². The normalized spacial score (nSPS) is 14.8. The van der Waals surface area contributed by atoms with Crippen LogP contribution >= 0.6 is 0 Å². The molecule has 1 saturated heterocycles. The van der Waals surface area contributed by atoms with Gasteiger partial charge in [0.2, 0.25) is 21.8 Å². The molecule has 1 fully saturated rings. The molecule has 0 unspecified atom stereocenters. The molecule has 34 heavy (non-hydrogen) atoms. The number of morpholine rings is 1. The zero-order valence-electron chi connectivity index (χ0n) is 18.1. The van der Waals surface area contributed by atoms with E-state index in [2.05, 4.69) is 5.32 Å². The Hall–Kier alpha value is -3.22. The first-order chi connectivity index (χ1) is 16.1. The number of sulfonamides is 1. The standard InChI is InChI=1S/C22H22F3N3O5S/c1-27(14-19(29)26-18-8-7-17(23)21(24)22(18)25)20(30)9-4-15-2-5-16(6-3-15)34(31,32)28-10-12-33-13-11-28/h2-9H,10-14H2,1H3,(H,26,29)/b9-4+. The molecule has 2 amide bonds. The van der Waals surface area contributed by atoms with Crippen LogP contribution in [0.2, 0.25) is 0 Å². The van der Waals surface area contributed by atoms with Gasteiger partial charge in [-0.3, -0.25) is 9.59 Å². The van der Waals surface area contributed by atoms with Crippen LogP contribution in [0, 0.1) is 17.5 Å². The topological polar surface area (TPSA) is 96.0 Å². The van der Waals surface area contributed by atoms with E-state index < -0.39 is 51.5 Å². The SMILES string of the molecule is CN(CC(=O)Nc1ccc(F)c(F)c1F)C(=O)/C=C/c1ccc(S(=O)(=O)N2CCOCC2)cc1. The van der Waals surface area contributed by atoms with Crippen molar-refractivity contribution in [2.75, 3.05) is 45.2 Å².